The lowest BCUT2D eigenvalue weighted by molar-refractivity contribution is -0.130. The van der Waals surface area contributed by atoms with E-state index < -0.39 is 5.97 Å². The van der Waals surface area contributed by atoms with Gasteiger partial charge in [-0.05, 0) is 36.8 Å². The van der Waals surface area contributed by atoms with Crippen molar-refractivity contribution in [2.24, 2.45) is 4.99 Å². The molecule has 6 nitrogen and oxygen atoms in total. The number of carbonyl (C=O) groups is 1. The molecule has 4 rings (SSSR count). The van der Waals surface area contributed by atoms with Gasteiger partial charge in [0.25, 0.3) is 0 Å². The van der Waals surface area contributed by atoms with Crippen molar-refractivity contribution < 1.29 is 9.53 Å². The van der Waals surface area contributed by atoms with Crippen molar-refractivity contribution in [3.05, 3.63) is 77.4 Å². The van der Waals surface area contributed by atoms with Gasteiger partial charge in [-0.3, -0.25) is 4.40 Å². The lowest BCUT2D eigenvalue weighted by atomic mass is 10.2. The second kappa shape index (κ2) is 6.15. The molecule has 0 unspecified atom stereocenters. The van der Waals surface area contributed by atoms with Crippen molar-refractivity contribution in [3.8, 4) is 0 Å². The van der Waals surface area contributed by atoms with Crippen LogP contribution in [0, 0.1) is 6.92 Å². The fourth-order valence-corrected chi connectivity index (χ4v) is 2.98. The number of imidazole rings is 1. The molecule has 0 spiro atoms. The molecule has 1 aromatic carbocycles. The summed E-state index contributed by atoms with van der Waals surface area (Å²) in [5.74, 6) is -0.149. The van der Waals surface area contributed by atoms with Gasteiger partial charge in [-0.25, -0.2) is 14.8 Å². The quantitative estimate of drug-likeness (QED) is 0.540. The molecule has 3 heterocycles. The molecule has 1 aliphatic rings. The number of carbonyl (C=O) groups excluding carboxylic acids is 1. The lowest BCUT2D eigenvalue weighted by Crippen LogP contribution is -2.16. The molecule has 0 saturated heterocycles. The van der Waals surface area contributed by atoms with Crippen molar-refractivity contribution in [2.45, 2.75) is 6.92 Å². The molecule has 0 N–H and O–H groups in total. The number of cyclic esters (lactones) is 1. The van der Waals surface area contributed by atoms with Crippen LogP contribution in [0.25, 0.3) is 11.3 Å². The summed E-state index contributed by atoms with van der Waals surface area (Å²) in [6, 6.07) is 13.4. The van der Waals surface area contributed by atoms with Crippen LogP contribution >= 0.6 is 0 Å². The number of pyridine rings is 1. The smallest absolute Gasteiger partial charge is 0.366 e. The van der Waals surface area contributed by atoms with Crippen molar-refractivity contribution in [2.75, 3.05) is 14.1 Å². The SMILES string of the molecule is Cc1ccn2c(C(=C3N=C(c4ccccc4)OC3=O)N(C)C)cnc2c1. The molecular formula is C20H18N4O2. The van der Waals surface area contributed by atoms with Crippen LogP contribution in [-0.2, 0) is 9.53 Å². The number of nitrogens with zero attached hydrogens (tertiary/aromatic N) is 4. The second-order valence-electron chi connectivity index (χ2n) is 6.34. The minimum atomic E-state index is -0.463. The summed E-state index contributed by atoms with van der Waals surface area (Å²) in [4.78, 5) is 23.3. The highest BCUT2D eigenvalue weighted by Crippen LogP contribution is 2.28. The third-order valence-electron chi connectivity index (χ3n) is 4.20. The zero-order chi connectivity index (χ0) is 18.3. The van der Waals surface area contributed by atoms with E-state index in [0.29, 0.717) is 11.6 Å². The van der Waals surface area contributed by atoms with Gasteiger partial charge in [-0.1, -0.05) is 18.2 Å². The average Bonchev–Trinajstić information content (AvgIpc) is 3.20. The predicted molar refractivity (Wildman–Crippen MR) is 99.6 cm³/mol. The summed E-state index contributed by atoms with van der Waals surface area (Å²) in [6.45, 7) is 2.02. The van der Waals surface area contributed by atoms with E-state index in [1.807, 2.05) is 79.0 Å². The number of aliphatic imine (C=N–C) groups is 1. The lowest BCUT2D eigenvalue weighted by Gasteiger charge is -2.17. The highest BCUT2D eigenvalue weighted by molar-refractivity contribution is 6.13. The molecule has 0 radical (unpaired) electrons. The highest BCUT2D eigenvalue weighted by Gasteiger charge is 2.30. The first kappa shape index (κ1) is 16.1. The van der Waals surface area contributed by atoms with Crippen LogP contribution in [0.3, 0.4) is 0 Å². The van der Waals surface area contributed by atoms with Gasteiger partial charge < -0.3 is 9.64 Å². The summed E-state index contributed by atoms with van der Waals surface area (Å²) < 4.78 is 7.36. The number of hydrogen-bond acceptors (Lipinski definition) is 5. The Labute approximate surface area is 151 Å². The number of aromatic nitrogens is 2. The standard InChI is InChI=1S/C20H18N4O2/c1-13-9-10-24-15(12-21-16(24)11-13)18(23(2)3)17-20(25)26-19(22-17)14-7-5-4-6-8-14/h4-12H,1-3H3. The summed E-state index contributed by atoms with van der Waals surface area (Å²) >= 11 is 0. The summed E-state index contributed by atoms with van der Waals surface area (Å²) in [5, 5.41) is 0. The Kier molecular flexibility index (Phi) is 3.80. The summed E-state index contributed by atoms with van der Waals surface area (Å²) in [7, 11) is 3.75. The van der Waals surface area contributed by atoms with E-state index in [1.54, 1.807) is 6.20 Å². The molecule has 0 atom stereocenters. The number of benzene rings is 1. The van der Waals surface area contributed by atoms with Crippen LogP contribution in [0.4, 0.5) is 0 Å². The van der Waals surface area contributed by atoms with Gasteiger partial charge in [0.15, 0.2) is 5.70 Å². The highest BCUT2D eigenvalue weighted by atomic mass is 16.6. The van der Waals surface area contributed by atoms with E-state index >= 15 is 0 Å². The predicted octanol–water partition coefficient (Wildman–Crippen LogP) is 2.88. The van der Waals surface area contributed by atoms with E-state index in [-0.39, 0.29) is 5.70 Å². The number of ether oxygens (including phenoxy) is 1. The van der Waals surface area contributed by atoms with Crippen LogP contribution in [0.1, 0.15) is 16.8 Å². The minimum Gasteiger partial charge on any atom is -0.402 e. The Bertz CT molecular complexity index is 1060. The maximum atomic E-state index is 12.5. The Balaban J connectivity index is 1.90. The van der Waals surface area contributed by atoms with Gasteiger partial charge in [0.1, 0.15) is 5.65 Å². The van der Waals surface area contributed by atoms with Gasteiger partial charge in [0.2, 0.25) is 5.90 Å². The van der Waals surface area contributed by atoms with E-state index in [1.165, 1.54) is 0 Å². The molecule has 130 valence electrons. The summed E-state index contributed by atoms with van der Waals surface area (Å²) in [6.07, 6.45) is 3.69. The van der Waals surface area contributed by atoms with E-state index in [4.69, 9.17) is 4.74 Å². The van der Waals surface area contributed by atoms with Crippen molar-refractivity contribution in [1.82, 2.24) is 14.3 Å². The third-order valence-corrected chi connectivity index (χ3v) is 4.20. The fourth-order valence-electron chi connectivity index (χ4n) is 2.98. The molecule has 0 aliphatic carbocycles. The zero-order valence-electron chi connectivity index (χ0n) is 14.8. The minimum absolute atomic E-state index is 0.274. The molecule has 0 saturated carbocycles. The molecule has 2 aromatic heterocycles. The third kappa shape index (κ3) is 2.65. The Morgan fingerprint density at radius 1 is 1.15 bits per heavy atom. The van der Waals surface area contributed by atoms with Gasteiger partial charge in [0.05, 0.1) is 17.6 Å². The van der Waals surface area contributed by atoms with Crippen LogP contribution in [0.2, 0.25) is 0 Å². The monoisotopic (exact) mass is 346 g/mol. The molecule has 26 heavy (non-hydrogen) atoms. The maximum absolute atomic E-state index is 12.5. The van der Waals surface area contributed by atoms with Crippen molar-refractivity contribution in [3.63, 3.8) is 0 Å². The van der Waals surface area contributed by atoms with Gasteiger partial charge in [-0.2, -0.15) is 0 Å². The van der Waals surface area contributed by atoms with Crippen molar-refractivity contribution >= 4 is 23.2 Å². The number of aryl methyl sites for hydroxylation is 1. The van der Waals surface area contributed by atoms with Gasteiger partial charge in [0, 0.05) is 25.9 Å². The molecule has 0 fully saturated rings. The number of fused-ring (bicyclic) bond motifs is 1. The molecule has 0 bridgehead atoms. The fraction of sp³-hybridized carbons (Fsp3) is 0.150. The first-order valence-corrected chi connectivity index (χ1v) is 8.26. The van der Waals surface area contributed by atoms with E-state index in [9.17, 15) is 4.79 Å². The van der Waals surface area contributed by atoms with Crippen LogP contribution in [0.5, 0.6) is 0 Å². The van der Waals surface area contributed by atoms with E-state index in [2.05, 4.69) is 9.98 Å². The molecule has 0 amide bonds. The Morgan fingerprint density at radius 3 is 2.65 bits per heavy atom. The topological polar surface area (TPSA) is 59.2 Å². The Morgan fingerprint density at radius 2 is 1.92 bits per heavy atom. The second-order valence-corrected chi connectivity index (χ2v) is 6.34. The normalized spacial score (nSPS) is 15.8. The molecule has 3 aromatic rings. The maximum Gasteiger partial charge on any atom is 0.366 e. The van der Waals surface area contributed by atoms with Gasteiger partial charge >= 0.3 is 5.97 Å². The first-order valence-electron chi connectivity index (χ1n) is 8.26. The van der Waals surface area contributed by atoms with Crippen LogP contribution in [-0.4, -0.2) is 40.2 Å². The summed E-state index contributed by atoms with van der Waals surface area (Å²) in [5.41, 5.74) is 4.43. The van der Waals surface area contributed by atoms with Crippen LogP contribution in [0.15, 0.2) is 65.5 Å². The zero-order valence-corrected chi connectivity index (χ0v) is 14.8. The Hall–Kier alpha value is -3.41. The van der Waals surface area contributed by atoms with Gasteiger partial charge in [-0.15, -0.1) is 0 Å². The van der Waals surface area contributed by atoms with Crippen LogP contribution < -0.4 is 0 Å². The molecular weight excluding hydrogens is 328 g/mol. The number of hydrogen-bond donors (Lipinski definition) is 0. The first-order chi connectivity index (χ1) is 12.5. The largest absolute Gasteiger partial charge is 0.402 e. The number of rotatable bonds is 3. The molecule has 1 aliphatic heterocycles. The average molecular weight is 346 g/mol. The molecule has 6 heteroatoms. The van der Waals surface area contributed by atoms with E-state index in [0.717, 1.165) is 22.5 Å². The number of esters is 1. The van der Waals surface area contributed by atoms with Crippen molar-refractivity contribution in [1.29, 1.82) is 0 Å².